The number of rotatable bonds is 11. The highest BCUT2D eigenvalue weighted by Gasteiger charge is 2.19. The Morgan fingerprint density at radius 1 is 0.864 bits per heavy atom. The van der Waals surface area contributed by atoms with Crippen LogP contribution in [0.4, 0.5) is 0 Å². The van der Waals surface area contributed by atoms with Gasteiger partial charge in [-0.05, 0) is 24.5 Å². The van der Waals surface area contributed by atoms with E-state index in [1.54, 1.807) is 12.1 Å². The lowest BCUT2D eigenvalue weighted by Crippen LogP contribution is -2.11. The second-order valence-corrected chi connectivity index (χ2v) is 5.67. The van der Waals surface area contributed by atoms with Crippen LogP contribution in [0.15, 0.2) is 18.2 Å². The van der Waals surface area contributed by atoms with Crippen molar-refractivity contribution in [3.63, 3.8) is 0 Å². The van der Waals surface area contributed by atoms with Crippen LogP contribution in [0, 0.1) is 0 Å². The van der Waals surface area contributed by atoms with E-state index in [0.717, 1.165) is 19.3 Å². The van der Waals surface area contributed by atoms with Gasteiger partial charge in [0.1, 0.15) is 0 Å². The Morgan fingerprint density at radius 3 is 2.00 bits per heavy atom. The van der Waals surface area contributed by atoms with Crippen LogP contribution < -0.4 is 0 Å². The van der Waals surface area contributed by atoms with E-state index in [9.17, 15) is 14.7 Å². The molecule has 0 radical (unpaired) electrons. The minimum Gasteiger partial charge on any atom is -0.478 e. The van der Waals surface area contributed by atoms with Gasteiger partial charge in [-0.1, -0.05) is 64.0 Å². The number of hydrogen-bond donors (Lipinski definition) is 2. The Bertz CT molecular complexity index is 494. The molecule has 1 aromatic rings. The largest absolute Gasteiger partial charge is 0.478 e. The molecule has 0 saturated carbocycles. The third-order valence-electron chi connectivity index (χ3n) is 3.89. The summed E-state index contributed by atoms with van der Waals surface area (Å²) >= 11 is 0. The molecule has 0 bridgehead atoms. The highest BCUT2D eigenvalue weighted by atomic mass is 16.4. The smallest absolute Gasteiger partial charge is 0.336 e. The van der Waals surface area contributed by atoms with E-state index in [-0.39, 0.29) is 11.1 Å². The van der Waals surface area contributed by atoms with Gasteiger partial charge in [0.15, 0.2) is 0 Å². The molecular formula is C18H26O4. The lowest BCUT2D eigenvalue weighted by molar-refractivity contribution is 0.0650. The number of aryl methyl sites for hydroxylation is 1. The van der Waals surface area contributed by atoms with Crippen LogP contribution in [0.2, 0.25) is 0 Å². The van der Waals surface area contributed by atoms with E-state index in [0.29, 0.717) is 12.0 Å². The van der Waals surface area contributed by atoms with E-state index in [1.807, 2.05) is 0 Å². The number of carboxylic acids is 2. The summed E-state index contributed by atoms with van der Waals surface area (Å²) in [5, 5.41) is 18.3. The Morgan fingerprint density at radius 2 is 1.45 bits per heavy atom. The molecule has 0 unspecified atom stereocenters. The molecule has 0 aromatic heterocycles. The fraction of sp³-hybridized carbons (Fsp3) is 0.556. The number of benzene rings is 1. The van der Waals surface area contributed by atoms with Gasteiger partial charge in [0.25, 0.3) is 0 Å². The Labute approximate surface area is 132 Å². The van der Waals surface area contributed by atoms with Gasteiger partial charge in [0.05, 0.1) is 11.1 Å². The summed E-state index contributed by atoms with van der Waals surface area (Å²) in [6.45, 7) is 2.20. The number of carbonyl (C=O) groups is 2. The van der Waals surface area contributed by atoms with Crippen LogP contribution in [-0.2, 0) is 6.42 Å². The number of hydrogen-bond acceptors (Lipinski definition) is 2. The lowest BCUT2D eigenvalue weighted by Gasteiger charge is -2.09. The van der Waals surface area contributed by atoms with Gasteiger partial charge in [0, 0.05) is 0 Å². The first-order valence-corrected chi connectivity index (χ1v) is 8.16. The first-order valence-electron chi connectivity index (χ1n) is 8.16. The number of aromatic carboxylic acids is 2. The summed E-state index contributed by atoms with van der Waals surface area (Å²) in [5.74, 6) is -2.34. The highest BCUT2D eigenvalue weighted by molar-refractivity contribution is 6.02. The highest BCUT2D eigenvalue weighted by Crippen LogP contribution is 2.19. The molecule has 122 valence electrons. The maximum Gasteiger partial charge on any atom is 0.336 e. The molecule has 0 saturated heterocycles. The van der Waals surface area contributed by atoms with Gasteiger partial charge in [-0.25, -0.2) is 9.59 Å². The first-order chi connectivity index (χ1) is 10.6. The fourth-order valence-electron chi connectivity index (χ4n) is 2.69. The zero-order chi connectivity index (χ0) is 16.4. The average Bonchev–Trinajstić information content (AvgIpc) is 2.49. The third-order valence-corrected chi connectivity index (χ3v) is 3.89. The van der Waals surface area contributed by atoms with Gasteiger partial charge >= 0.3 is 11.9 Å². The van der Waals surface area contributed by atoms with Crippen molar-refractivity contribution in [3.05, 3.63) is 34.9 Å². The van der Waals surface area contributed by atoms with Gasteiger partial charge < -0.3 is 10.2 Å². The molecule has 0 aliphatic carbocycles. The van der Waals surface area contributed by atoms with Gasteiger partial charge in [0.2, 0.25) is 0 Å². The summed E-state index contributed by atoms with van der Waals surface area (Å²) < 4.78 is 0. The van der Waals surface area contributed by atoms with Crippen LogP contribution in [0.3, 0.4) is 0 Å². The summed E-state index contributed by atoms with van der Waals surface area (Å²) in [4.78, 5) is 22.4. The Kier molecular flexibility index (Phi) is 8.26. The molecule has 2 N–H and O–H groups in total. The van der Waals surface area contributed by atoms with Crippen molar-refractivity contribution in [2.75, 3.05) is 0 Å². The van der Waals surface area contributed by atoms with Crippen molar-refractivity contribution in [2.45, 2.75) is 64.7 Å². The van der Waals surface area contributed by atoms with Gasteiger partial charge in [-0.15, -0.1) is 0 Å². The molecule has 4 nitrogen and oxygen atoms in total. The molecule has 0 amide bonds. The minimum atomic E-state index is -1.19. The van der Waals surface area contributed by atoms with E-state index >= 15 is 0 Å². The molecule has 1 rings (SSSR count). The van der Waals surface area contributed by atoms with Crippen LogP contribution in [0.25, 0.3) is 0 Å². The summed E-state index contributed by atoms with van der Waals surface area (Å²) in [7, 11) is 0. The molecule has 0 atom stereocenters. The standard InChI is InChI=1S/C18H26O4/c1-2-3-4-5-6-7-8-9-11-14-12-10-13-15(17(19)20)16(14)18(21)22/h10,12-13H,2-9,11H2,1H3,(H,19,20)(H,21,22). The van der Waals surface area contributed by atoms with Crippen molar-refractivity contribution in [3.8, 4) is 0 Å². The van der Waals surface area contributed by atoms with Crippen LogP contribution in [0.5, 0.6) is 0 Å². The van der Waals surface area contributed by atoms with E-state index in [2.05, 4.69) is 6.92 Å². The first kappa shape index (κ1) is 18.2. The van der Waals surface area contributed by atoms with Gasteiger partial charge in [-0.3, -0.25) is 0 Å². The average molecular weight is 306 g/mol. The van der Waals surface area contributed by atoms with Crippen molar-refractivity contribution in [1.29, 1.82) is 0 Å². The Balaban J connectivity index is 2.47. The topological polar surface area (TPSA) is 74.6 Å². The maximum atomic E-state index is 11.3. The number of unbranched alkanes of at least 4 members (excludes halogenated alkanes) is 7. The molecule has 0 aliphatic rings. The normalized spacial score (nSPS) is 10.6. The van der Waals surface area contributed by atoms with Crippen LogP contribution >= 0.6 is 0 Å². The predicted molar refractivity (Wildman–Crippen MR) is 86.7 cm³/mol. The Hall–Kier alpha value is -1.84. The maximum absolute atomic E-state index is 11.3. The third kappa shape index (κ3) is 5.88. The zero-order valence-electron chi connectivity index (χ0n) is 13.3. The van der Waals surface area contributed by atoms with Crippen molar-refractivity contribution in [2.24, 2.45) is 0 Å². The number of carboxylic acid groups (broad SMARTS) is 2. The second kappa shape index (κ2) is 9.98. The van der Waals surface area contributed by atoms with Crippen molar-refractivity contribution >= 4 is 11.9 Å². The summed E-state index contributed by atoms with van der Waals surface area (Å²) in [6.07, 6.45) is 10.1. The minimum absolute atomic E-state index is 0.0575. The molecular weight excluding hydrogens is 280 g/mol. The fourth-order valence-corrected chi connectivity index (χ4v) is 2.69. The predicted octanol–water partition coefficient (Wildman–Crippen LogP) is 4.77. The molecule has 0 heterocycles. The van der Waals surface area contributed by atoms with Crippen molar-refractivity contribution < 1.29 is 19.8 Å². The van der Waals surface area contributed by atoms with E-state index < -0.39 is 11.9 Å². The quantitative estimate of drug-likeness (QED) is 0.578. The van der Waals surface area contributed by atoms with E-state index in [4.69, 9.17) is 5.11 Å². The molecule has 22 heavy (non-hydrogen) atoms. The molecule has 0 fully saturated rings. The molecule has 0 spiro atoms. The summed E-state index contributed by atoms with van der Waals surface area (Å²) in [6, 6.07) is 4.69. The molecule has 0 aliphatic heterocycles. The van der Waals surface area contributed by atoms with Gasteiger partial charge in [-0.2, -0.15) is 0 Å². The van der Waals surface area contributed by atoms with Crippen LogP contribution in [-0.4, -0.2) is 22.2 Å². The second-order valence-electron chi connectivity index (χ2n) is 5.67. The zero-order valence-corrected chi connectivity index (χ0v) is 13.3. The monoisotopic (exact) mass is 306 g/mol. The SMILES string of the molecule is CCCCCCCCCCc1cccc(C(=O)O)c1C(=O)O. The van der Waals surface area contributed by atoms with E-state index in [1.165, 1.54) is 38.2 Å². The molecule has 1 aromatic carbocycles. The van der Waals surface area contributed by atoms with Crippen LogP contribution in [0.1, 0.15) is 84.6 Å². The summed E-state index contributed by atoms with van der Waals surface area (Å²) in [5.41, 5.74) is 0.445. The molecule has 4 heteroatoms. The lowest BCUT2D eigenvalue weighted by atomic mass is 9.96. The van der Waals surface area contributed by atoms with Crippen molar-refractivity contribution in [1.82, 2.24) is 0 Å².